The Labute approximate surface area is 122 Å². The molecule has 0 fully saturated rings. The van der Waals surface area contributed by atoms with Crippen LogP contribution in [0.1, 0.15) is 55.6 Å². The van der Waals surface area contributed by atoms with Gasteiger partial charge in [-0.05, 0) is 25.7 Å². The van der Waals surface area contributed by atoms with Crippen LogP contribution in [-0.2, 0) is 29.5 Å². The van der Waals surface area contributed by atoms with E-state index in [9.17, 15) is 9.90 Å². The third kappa shape index (κ3) is 2.14. The third-order valence-electron chi connectivity index (χ3n) is 3.84. The fourth-order valence-corrected chi connectivity index (χ4v) is 4.23. The quantitative estimate of drug-likeness (QED) is 0.924. The maximum atomic E-state index is 11.2. The van der Waals surface area contributed by atoms with Crippen LogP contribution in [0.5, 0.6) is 0 Å². The second kappa shape index (κ2) is 4.58. The Balaban J connectivity index is 2.26. The second-order valence-corrected chi connectivity index (χ2v) is 7.59. The van der Waals surface area contributed by atoms with E-state index in [-0.39, 0.29) is 11.8 Å². The predicted octanol–water partition coefficient (Wildman–Crippen LogP) is 3.20. The van der Waals surface area contributed by atoms with Gasteiger partial charge in [0.05, 0.1) is 17.8 Å². The molecule has 4 nitrogen and oxygen atoms in total. The molecule has 0 radical (unpaired) electrons. The van der Waals surface area contributed by atoms with Crippen molar-refractivity contribution >= 4 is 22.3 Å². The molecule has 0 amide bonds. The smallest absolute Gasteiger partial charge is 0.309 e. The standard InChI is InChI=1S/C15H20N2O2S/c1-15(2,3)13-10(8-12(18)19)17-9-6-4-5-7-11(9)20-14(17)16-13/h4-8H2,1-3H3,(H,18,19). The molecule has 0 spiro atoms. The number of carboxylic acids is 1. The number of carboxylic acid groups (broad SMARTS) is 1. The van der Waals surface area contributed by atoms with E-state index >= 15 is 0 Å². The van der Waals surface area contributed by atoms with E-state index in [0.717, 1.165) is 29.2 Å². The van der Waals surface area contributed by atoms with Crippen LogP contribution in [0.4, 0.5) is 0 Å². The van der Waals surface area contributed by atoms with Gasteiger partial charge in [0.15, 0.2) is 4.96 Å². The molecule has 2 heterocycles. The van der Waals surface area contributed by atoms with Crippen molar-refractivity contribution in [3.63, 3.8) is 0 Å². The highest BCUT2D eigenvalue weighted by molar-refractivity contribution is 7.17. The van der Waals surface area contributed by atoms with E-state index in [0.29, 0.717) is 0 Å². The summed E-state index contributed by atoms with van der Waals surface area (Å²) in [4.78, 5) is 18.4. The summed E-state index contributed by atoms with van der Waals surface area (Å²) in [5, 5.41) is 9.24. The molecule has 2 aromatic rings. The number of aryl methyl sites for hydroxylation is 2. The average molecular weight is 292 g/mol. The summed E-state index contributed by atoms with van der Waals surface area (Å²) in [7, 11) is 0. The van der Waals surface area contributed by atoms with E-state index in [4.69, 9.17) is 4.98 Å². The van der Waals surface area contributed by atoms with Crippen LogP contribution in [0.25, 0.3) is 4.96 Å². The maximum absolute atomic E-state index is 11.2. The van der Waals surface area contributed by atoms with Gasteiger partial charge in [-0.25, -0.2) is 4.98 Å². The van der Waals surface area contributed by atoms with Crippen molar-refractivity contribution in [3.05, 3.63) is 22.0 Å². The Kier molecular flexibility index (Phi) is 3.12. The molecule has 1 aliphatic rings. The number of aliphatic carboxylic acids is 1. The van der Waals surface area contributed by atoms with E-state index < -0.39 is 5.97 Å². The van der Waals surface area contributed by atoms with Crippen molar-refractivity contribution in [1.82, 2.24) is 9.38 Å². The molecule has 3 rings (SSSR count). The van der Waals surface area contributed by atoms with Gasteiger partial charge in [-0.3, -0.25) is 9.20 Å². The lowest BCUT2D eigenvalue weighted by molar-refractivity contribution is -0.136. The van der Waals surface area contributed by atoms with Gasteiger partial charge in [0.2, 0.25) is 0 Å². The topological polar surface area (TPSA) is 54.6 Å². The van der Waals surface area contributed by atoms with E-state index in [1.54, 1.807) is 11.3 Å². The van der Waals surface area contributed by atoms with Crippen molar-refractivity contribution in [1.29, 1.82) is 0 Å². The van der Waals surface area contributed by atoms with Crippen LogP contribution >= 0.6 is 11.3 Å². The SMILES string of the molecule is CC(C)(C)c1nc2sc3c(n2c1CC(=O)O)CCCC3. The molecule has 0 bridgehead atoms. The Morgan fingerprint density at radius 1 is 1.35 bits per heavy atom. The maximum Gasteiger partial charge on any atom is 0.309 e. The molecule has 0 aliphatic heterocycles. The Hall–Kier alpha value is -1.36. The zero-order chi connectivity index (χ0) is 14.5. The number of aromatic nitrogens is 2. The van der Waals surface area contributed by atoms with Crippen LogP contribution in [0.15, 0.2) is 0 Å². The summed E-state index contributed by atoms with van der Waals surface area (Å²) in [5.41, 5.74) is 2.98. The van der Waals surface area contributed by atoms with Gasteiger partial charge in [-0.1, -0.05) is 20.8 Å². The number of carbonyl (C=O) groups is 1. The van der Waals surface area contributed by atoms with Crippen molar-refractivity contribution in [2.75, 3.05) is 0 Å². The van der Waals surface area contributed by atoms with Crippen molar-refractivity contribution in [2.45, 2.75) is 58.3 Å². The predicted molar refractivity (Wildman–Crippen MR) is 79.8 cm³/mol. The fraction of sp³-hybridized carbons (Fsp3) is 0.600. The lowest BCUT2D eigenvalue weighted by Crippen LogP contribution is -2.18. The van der Waals surface area contributed by atoms with Gasteiger partial charge < -0.3 is 5.11 Å². The molecule has 1 N–H and O–H groups in total. The molecule has 0 unspecified atom stereocenters. The summed E-state index contributed by atoms with van der Waals surface area (Å²) in [6, 6.07) is 0. The summed E-state index contributed by atoms with van der Waals surface area (Å²) in [6.45, 7) is 6.28. The lowest BCUT2D eigenvalue weighted by atomic mass is 9.90. The van der Waals surface area contributed by atoms with Gasteiger partial charge >= 0.3 is 5.97 Å². The van der Waals surface area contributed by atoms with E-state index in [1.807, 2.05) is 0 Å². The molecule has 108 valence electrons. The van der Waals surface area contributed by atoms with Crippen molar-refractivity contribution < 1.29 is 9.90 Å². The average Bonchev–Trinajstić information content (AvgIpc) is 2.85. The molecular formula is C15H20N2O2S. The Morgan fingerprint density at radius 3 is 2.70 bits per heavy atom. The number of imidazole rings is 1. The summed E-state index contributed by atoms with van der Waals surface area (Å²) >= 11 is 1.74. The summed E-state index contributed by atoms with van der Waals surface area (Å²) < 4.78 is 2.13. The largest absolute Gasteiger partial charge is 0.481 e. The minimum Gasteiger partial charge on any atom is -0.481 e. The van der Waals surface area contributed by atoms with Gasteiger partial charge in [-0.2, -0.15) is 0 Å². The minimum absolute atomic E-state index is 0.0525. The molecule has 0 atom stereocenters. The Bertz CT molecular complexity index is 676. The number of rotatable bonds is 2. The molecule has 5 heteroatoms. The van der Waals surface area contributed by atoms with Crippen molar-refractivity contribution in [2.24, 2.45) is 0 Å². The van der Waals surface area contributed by atoms with Crippen LogP contribution in [0, 0.1) is 0 Å². The molecular weight excluding hydrogens is 272 g/mol. The van der Waals surface area contributed by atoms with Crippen LogP contribution < -0.4 is 0 Å². The molecule has 2 aromatic heterocycles. The van der Waals surface area contributed by atoms with Gasteiger partial charge in [-0.15, -0.1) is 11.3 Å². The van der Waals surface area contributed by atoms with Crippen LogP contribution in [0.2, 0.25) is 0 Å². The normalized spacial score (nSPS) is 15.6. The highest BCUT2D eigenvalue weighted by Crippen LogP contribution is 2.35. The highest BCUT2D eigenvalue weighted by atomic mass is 32.1. The molecule has 0 saturated carbocycles. The lowest BCUT2D eigenvalue weighted by Gasteiger charge is -2.18. The van der Waals surface area contributed by atoms with Crippen LogP contribution in [0.3, 0.4) is 0 Å². The molecule has 20 heavy (non-hydrogen) atoms. The number of hydrogen-bond acceptors (Lipinski definition) is 3. The number of thiazole rings is 1. The molecule has 0 saturated heterocycles. The summed E-state index contributed by atoms with van der Waals surface area (Å²) in [5.74, 6) is -0.784. The second-order valence-electron chi connectivity index (χ2n) is 6.52. The van der Waals surface area contributed by atoms with Gasteiger partial charge in [0.1, 0.15) is 0 Å². The van der Waals surface area contributed by atoms with E-state index in [2.05, 4.69) is 25.2 Å². The zero-order valence-electron chi connectivity index (χ0n) is 12.2. The third-order valence-corrected chi connectivity index (χ3v) is 4.99. The van der Waals surface area contributed by atoms with Gasteiger partial charge in [0, 0.05) is 16.0 Å². The van der Waals surface area contributed by atoms with E-state index in [1.165, 1.54) is 23.4 Å². The molecule has 1 aliphatic carbocycles. The highest BCUT2D eigenvalue weighted by Gasteiger charge is 2.28. The van der Waals surface area contributed by atoms with Crippen LogP contribution in [-0.4, -0.2) is 20.5 Å². The number of hydrogen-bond donors (Lipinski definition) is 1. The fourth-order valence-electron chi connectivity index (χ4n) is 3.00. The first-order valence-corrected chi connectivity index (χ1v) is 7.93. The minimum atomic E-state index is -0.784. The number of nitrogens with zero attached hydrogens (tertiary/aromatic N) is 2. The van der Waals surface area contributed by atoms with Gasteiger partial charge in [0.25, 0.3) is 0 Å². The first-order chi connectivity index (χ1) is 9.38. The Morgan fingerprint density at radius 2 is 2.05 bits per heavy atom. The number of fused-ring (bicyclic) bond motifs is 3. The zero-order valence-corrected chi connectivity index (χ0v) is 13.0. The van der Waals surface area contributed by atoms with Crippen molar-refractivity contribution in [3.8, 4) is 0 Å². The summed E-state index contributed by atoms with van der Waals surface area (Å²) in [6.07, 6.45) is 4.63. The monoisotopic (exact) mass is 292 g/mol. The first-order valence-electron chi connectivity index (χ1n) is 7.12. The first kappa shape index (κ1) is 13.6. The molecule has 0 aromatic carbocycles.